The van der Waals surface area contributed by atoms with E-state index in [1.165, 1.54) is 17.7 Å². The van der Waals surface area contributed by atoms with Crippen molar-refractivity contribution in [2.45, 2.75) is 13.1 Å². The van der Waals surface area contributed by atoms with Gasteiger partial charge in [-0.1, -0.05) is 18.2 Å². The van der Waals surface area contributed by atoms with E-state index in [9.17, 15) is 9.18 Å². The predicted molar refractivity (Wildman–Crippen MR) is 98.1 cm³/mol. The van der Waals surface area contributed by atoms with Crippen molar-refractivity contribution in [1.29, 1.82) is 0 Å². The second kappa shape index (κ2) is 7.84. The number of carbonyl (C=O) groups excluding carboxylic acids is 1. The monoisotopic (exact) mass is 371 g/mol. The Labute approximate surface area is 157 Å². The van der Waals surface area contributed by atoms with E-state index in [1.807, 2.05) is 18.2 Å². The summed E-state index contributed by atoms with van der Waals surface area (Å²) in [5.41, 5.74) is 1.92. The molecule has 2 aromatic carbocycles. The molecule has 1 fully saturated rings. The summed E-state index contributed by atoms with van der Waals surface area (Å²) in [7, 11) is 0. The van der Waals surface area contributed by atoms with Gasteiger partial charge in [0.05, 0.1) is 0 Å². The van der Waals surface area contributed by atoms with Crippen molar-refractivity contribution in [1.82, 2.24) is 15.1 Å². The molecule has 142 valence electrons. The fraction of sp³-hybridized carbons (Fsp3) is 0.350. The summed E-state index contributed by atoms with van der Waals surface area (Å²) in [4.78, 5) is 16.4. The van der Waals surface area contributed by atoms with Crippen LogP contribution in [0.1, 0.15) is 11.1 Å². The number of piperazine rings is 1. The number of nitrogens with one attached hydrogen (secondary N) is 1. The molecule has 0 unspecified atom stereocenters. The first-order valence-corrected chi connectivity index (χ1v) is 9.05. The van der Waals surface area contributed by atoms with Crippen molar-refractivity contribution in [3.63, 3.8) is 0 Å². The molecule has 2 amide bonds. The first kappa shape index (κ1) is 17.6. The number of ether oxygens (including phenoxy) is 2. The van der Waals surface area contributed by atoms with Gasteiger partial charge < -0.3 is 19.7 Å². The number of rotatable bonds is 4. The van der Waals surface area contributed by atoms with Gasteiger partial charge in [-0.2, -0.15) is 0 Å². The lowest BCUT2D eigenvalue weighted by atomic mass is 10.1. The van der Waals surface area contributed by atoms with Crippen LogP contribution in [0, 0.1) is 5.82 Å². The number of benzene rings is 2. The molecule has 0 aromatic heterocycles. The summed E-state index contributed by atoms with van der Waals surface area (Å²) in [5, 5.41) is 2.86. The normalized spacial score (nSPS) is 16.4. The van der Waals surface area contributed by atoms with E-state index in [2.05, 4.69) is 10.2 Å². The summed E-state index contributed by atoms with van der Waals surface area (Å²) < 4.78 is 24.0. The highest BCUT2D eigenvalue weighted by atomic mass is 19.1. The molecule has 0 atom stereocenters. The number of amides is 2. The summed E-state index contributed by atoms with van der Waals surface area (Å²) in [5.74, 6) is 1.29. The Kier molecular flexibility index (Phi) is 5.11. The van der Waals surface area contributed by atoms with Gasteiger partial charge in [-0.15, -0.1) is 0 Å². The molecule has 0 bridgehead atoms. The molecule has 4 rings (SSSR count). The highest BCUT2D eigenvalue weighted by Crippen LogP contribution is 2.32. The van der Waals surface area contributed by atoms with E-state index in [4.69, 9.17) is 9.47 Å². The highest BCUT2D eigenvalue weighted by molar-refractivity contribution is 5.74. The van der Waals surface area contributed by atoms with Crippen LogP contribution in [-0.2, 0) is 13.1 Å². The van der Waals surface area contributed by atoms with Crippen LogP contribution in [0.5, 0.6) is 11.5 Å². The second-order valence-electron chi connectivity index (χ2n) is 6.74. The maximum absolute atomic E-state index is 13.2. The number of nitrogens with zero attached hydrogens (tertiary/aromatic N) is 2. The Hall–Kier alpha value is -2.80. The van der Waals surface area contributed by atoms with Gasteiger partial charge in [-0.05, 0) is 35.4 Å². The molecule has 0 aliphatic carbocycles. The number of hydrogen-bond acceptors (Lipinski definition) is 4. The minimum absolute atomic E-state index is 0.109. The van der Waals surface area contributed by atoms with Gasteiger partial charge >= 0.3 is 6.03 Å². The molecular weight excluding hydrogens is 349 g/mol. The minimum atomic E-state index is -0.293. The minimum Gasteiger partial charge on any atom is -0.454 e. The average molecular weight is 371 g/mol. The van der Waals surface area contributed by atoms with Gasteiger partial charge in [0.25, 0.3) is 0 Å². The van der Waals surface area contributed by atoms with Gasteiger partial charge in [0.1, 0.15) is 5.82 Å². The molecule has 27 heavy (non-hydrogen) atoms. The molecular formula is C20H22FN3O3. The fourth-order valence-corrected chi connectivity index (χ4v) is 3.34. The Morgan fingerprint density at radius 1 is 1.00 bits per heavy atom. The highest BCUT2D eigenvalue weighted by Gasteiger charge is 2.21. The lowest BCUT2D eigenvalue weighted by Gasteiger charge is -2.34. The predicted octanol–water partition coefficient (Wildman–Crippen LogP) is 2.58. The van der Waals surface area contributed by atoms with E-state index in [1.54, 1.807) is 17.0 Å². The number of carbonyl (C=O) groups is 1. The summed E-state index contributed by atoms with van der Waals surface area (Å²) >= 11 is 0. The van der Waals surface area contributed by atoms with Crippen molar-refractivity contribution >= 4 is 6.03 Å². The van der Waals surface area contributed by atoms with E-state index in [0.29, 0.717) is 19.6 Å². The first-order chi connectivity index (χ1) is 13.2. The zero-order valence-corrected chi connectivity index (χ0v) is 15.0. The van der Waals surface area contributed by atoms with Crippen LogP contribution in [0.25, 0.3) is 0 Å². The Bertz CT molecular complexity index is 822. The molecule has 0 spiro atoms. The van der Waals surface area contributed by atoms with Crippen LogP contribution in [0.15, 0.2) is 42.5 Å². The zero-order chi connectivity index (χ0) is 18.6. The molecule has 2 heterocycles. The Morgan fingerprint density at radius 3 is 2.63 bits per heavy atom. The van der Waals surface area contributed by atoms with Gasteiger partial charge in [-0.25, -0.2) is 9.18 Å². The van der Waals surface area contributed by atoms with E-state index in [-0.39, 0.29) is 18.6 Å². The molecule has 6 nitrogen and oxygen atoms in total. The molecule has 0 saturated carbocycles. The van der Waals surface area contributed by atoms with Crippen LogP contribution in [0.3, 0.4) is 0 Å². The second-order valence-corrected chi connectivity index (χ2v) is 6.74. The molecule has 1 saturated heterocycles. The number of fused-ring (bicyclic) bond motifs is 1. The van der Waals surface area contributed by atoms with Crippen molar-refractivity contribution in [2.24, 2.45) is 0 Å². The molecule has 0 radical (unpaired) electrons. The third kappa shape index (κ3) is 4.31. The van der Waals surface area contributed by atoms with E-state index >= 15 is 0 Å². The quantitative estimate of drug-likeness (QED) is 0.898. The van der Waals surface area contributed by atoms with Crippen molar-refractivity contribution in [3.8, 4) is 11.5 Å². The first-order valence-electron chi connectivity index (χ1n) is 9.05. The van der Waals surface area contributed by atoms with Crippen LogP contribution in [-0.4, -0.2) is 48.8 Å². The number of halogens is 1. The Balaban J connectivity index is 1.24. The van der Waals surface area contributed by atoms with Crippen LogP contribution in [0.4, 0.5) is 9.18 Å². The van der Waals surface area contributed by atoms with Crippen LogP contribution in [0.2, 0.25) is 0 Å². The summed E-state index contributed by atoms with van der Waals surface area (Å²) in [6.07, 6.45) is 0. The lowest BCUT2D eigenvalue weighted by molar-refractivity contribution is 0.135. The smallest absolute Gasteiger partial charge is 0.317 e. The average Bonchev–Trinajstić information content (AvgIpc) is 3.15. The standard InChI is InChI=1S/C20H22FN3O3/c21-17-3-1-2-15(10-17)12-22-20(25)24-8-6-23(7-9-24)13-16-4-5-18-19(11-16)27-14-26-18/h1-5,10-11H,6-9,12-14H2,(H,22,25). The molecule has 7 heteroatoms. The van der Waals surface area contributed by atoms with Gasteiger partial charge in [0.15, 0.2) is 11.5 Å². The molecule has 2 aliphatic heterocycles. The van der Waals surface area contributed by atoms with Crippen molar-refractivity contribution < 1.29 is 18.7 Å². The van der Waals surface area contributed by atoms with E-state index < -0.39 is 0 Å². The largest absolute Gasteiger partial charge is 0.454 e. The van der Waals surface area contributed by atoms with Crippen molar-refractivity contribution in [3.05, 3.63) is 59.4 Å². The molecule has 2 aliphatic rings. The van der Waals surface area contributed by atoms with Gasteiger partial charge in [0.2, 0.25) is 6.79 Å². The van der Waals surface area contributed by atoms with E-state index in [0.717, 1.165) is 36.7 Å². The summed E-state index contributed by atoms with van der Waals surface area (Å²) in [6.45, 7) is 4.37. The van der Waals surface area contributed by atoms with Gasteiger partial charge in [0, 0.05) is 39.3 Å². The zero-order valence-electron chi connectivity index (χ0n) is 15.0. The summed E-state index contributed by atoms with van der Waals surface area (Å²) in [6, 6.07) is 12.2. The lowest BCUT2D eigenvalue weighted by Crippen LogP contribution is -2.51. The third-order valence-electron chi connectivity index (χ3n) is 4.84. The fourth-order valence-electron chi connectivity index (χ4n) is 3.34. The van der Waals surface area contributed by atoms with Crippen molar-refractivity contribution in [2.75, 3.05) is 33.0 Å². The third-order valence-corrected chi connectivity index (χ3v) is 4.84. The van der Waals surface area contributed by atoms with Crippen LogP contribution < -0.4 is 14.8 Å². The topological polar surface area (TPSA) is 54.0 Å². The number of urea groups is 1. The van der Waals surface area contributed by atoms with Gasteiger partial charge in [-0.3, -0.25) is 4.90 Å². The SMILES string of the molecule is O=C(NCc1cccc(F)c1)N1CCN(Cc2ccc3c(c2)OCO3)CC1. The molecule has 1 N–H and O–H groups in total. The van der Waals surface area contributed by atoms with Crippen LogP contribution >= 0.6 is 0 Å². The maximum atomic E-state index is 13.2. The number of hydrogen-bond donors (Lipinski definition) is 1. The molecule has 2 aromatic rings. The maximum Gasteiger partial charge on any atom is 0.317 e. The Morgan fingerprint density at radius 2 is 1.81 bits per heavy atom.